The largest absolute Gasteiger partial charge is 0.367 e. The van der Waals surface area contributed by atoms with Crippen LogP contribution in [-0.2, 0) is 0 Å². The first-order valence-corrected chi connectivity index (χ1v) is 6.36. The van der Waals surface area contributed by atoms with E-state index in [2.05, 4.69) is 21.4 Å². The fourth-order valence-electron chi connectivity index (χ4n) is 2.27. The van der Waals surface area contributed by atoms with Gasteiger partial charge in [-0.2, -0.15) is 5.26 Å². The average molecular weight is 250 g/mol. The molecule has 0 bridgehead atoms. The van der Waals surface area contributed by atoms with Gasteiger partial charge in [0.25, 0.3) is 0 Å². The molecule has 2 aromatic rings. The van der Waals surface area contributed by atoms with Crippen LogP contribution in [0, 0.1) is 11.3 Å². The molecule has 4 nitrogen and oxygen atoms in total. The SMILES string of the molecule is N#CC1(Nc2ccc(-c3cncnc3)cc2)CCC1. The predicted molar refractivity (Wildman–Crippen MR) is 73.3 cm³/mol. The number of hydrogen-bond donors (Lipinski definition) is 1. The summed E-state index contributed by atoms with van der Waals surface area (Å²) < 4.78 is 0. The van der Waals surface area contributed by atoms with Crippen LogP contribution in [0.5, 0.6) is 0 Å². The second-order valence-corrected chi connectivity index (χ2v) is 4.88. The van der Waals surface area contributed by atoms with Crippen LogP contribution in [0.3, 0.4) is 0 Å². The van der Waals surface area contributed by atoms with Crippen LogP contribution in [0.15, 0.2) is 43.0 Å². The normalized spacial score (nSPS) is 16.2. The Labute approximate surface area is 112 Å². The zero-order valence-corrected chi connectivity index (χ0v) is 10.5. The zero-order chi connectivity index (χ0) is 13.1. The van der Waals surface area contributed by atoms with Gasteiger partial charge in [0, 0.05) is 23.6 Å². The highest BCUT2D eigenvalue weighted by molar-refractivity contribution is 5.65. The van der Waals surface area contributed by atoms with Gasteiger partial charge in [-0.25, -0.2) is 9.97 Å². The minimum atomic E-state index is -0.350. The number of nitrogens with zero attached hydrogens (tertiary/aromatic N) is 3. The Kier molecular flexibility index (Phi) is 2.88. The van der Waals surface area contributed by atoms with Gasteiger partial charge in [-0.1, -0.05) is 12.1 Å². The number of rotatable bonds is 3. The lowest BCUT2D eigenvalue weighted by atomic mass is 9.78. The van der Waals surface area contributed by atoms with Gasteiger partial charge in [-0.3, -0.25) is 0 Å². The molecule has 0 radical (unpaired) electrons. The van der Waals surface area contributed by atoms with Crippen LogP contribution < -0.4 is 5.32 Å². The number of aromatic nitrogens is 2. The van der Waals surface area contributed by atoms with E-state index >= 15 is 0 Å². The molecule has 94 valence electrons. The third-order valence-corrected chi connectivity index (χ3v) is 3.58. The third-order valence-electron chi connectivity index (χ3n) is 3.58. The molecule has 1 aromatic carbocycles. The maximum atomic E-state index is 9.20. The van der Waals surface area contributed by atoms with E-state index in [1.165, 1.54) is 6.33 Å². The van der Waals surface area contributed by atoms with E-state index in [9.17, 15) is 5.26 Å². The molecule has 0 amide bonds. The first-order valence-electron chi connectivity index (χ1n) is 6.36. The van der Waals surface area contributed by atoms with Crippen LogP contribution in [0.25, 0.3) is 11.1 Å². The maximum Gasteiger partial charge on any atom is 0.125 e. The molecule has 1 fully saturated rings. The fourth-order valence-corrected chi connectivity index (χ4v) is 2.27. The molecule has 1 saturated carbocycles. The summed E-state index contributed by atoms with van der Waals surface area (Å²) in [6, 6.07) is 10.4. The molecule has 3 rings (SSSR count). The summed E-state index contributed by atoms with van der Waals surface area (Å²) in [5.74, 6) is 0. The Balaban J connectivity index is 1.78. The van der Waals surface area contributed by atoms with Crippen LogP contribution in [0.4, 0.5) is 5.69 Å². The minimum Gasteiger partial charge on any atom is -0.367 e. The minimum absolute atomic E-state index is 0.350. The molecular formula is C15H14N4. The Bertz CT molecular complexity index is 594. The van der Waals surface area contributed by atoms with Crippen molar-refractivity contribution in [1.29, 1.82) is 5.26 Å². The molecule has 1 aromatic heterocycles. The number of benzene rings is 1. The van der Waals surface area contributed by atoms with E-state index in [0.29, 0.717) is 0 Å². The van der Waals surface area contributed by atoms with Crippen molar-refractivity contribution in [2.45, 2.75) is 24.8 Å². The number of nitriles is 1. The summed E-state index contributed by atoms with van der Waals surface area (Å²) in [5, 5.41) is 12.5. The van der Waals surface area contributed by atoms with E-state index < -0.39 is 0 Å². The Morgan fingerprint density at radius 3 is 2.26 bits per heavy atom. The van der Waals surface area contributed by atoms with Crippen molar-refractivity contribution in [3.05, 3.63) is 43.0 Å². The summed E-state index contributed by atoms with van der Waals surface area (Å²) in [5.41, 5.74) is 2.71. The molecule has 1 heterocycles. The van der Waals surface area contributed by atoms with Gasteiger partial charge < -0.3 is 5.32 Å². The van der Waals surface area contributed by atoms with Gasteiger partial charge in [0.15, 0.2) is 0 Å². The lowest BCUT2D eigenvalue weighted by molar-refractivity contribution is 0.356. The lowest BCUT2D eigenvalue weighted by Gasteiger charge is -2.36. The van der Waals surface area contributed by atoms with Gasteiger partial charge in [-0.15, -0.1) is 0 Å². The predicted octanol–water partition coefficient (Wildman–Crippen LogP) is 3.00. The zero-order valence-electron chi connectivity index (χ0n) is 10.5. The molecule has 1 aliphatic rings. The van der Waals surface area contributed by atoms with Gasteiger partial charge in [-0.05, 0) is 37.0 Å². The van der Waals surface area contributed by atoms with E-state index in [1.54, 1.807) is 12.4 Å². The van der Waals surface area contributed by atoms with Crippen molar-refractivity contribution < 1.29 is 0 Å². The molecule has 0 aliphatic heterocycles. The highest BCUT2D eigenvalue weighted by atomic mass is 15.0. The summed E-state index contributed by atoms with van der Waals surface area (Å²) in [6.45, 7) is 0. The third kappa shape index (κ3) is 2.27. The Morgan fingerprint density at radius 1 is 1.05 bits per heavy atom. The second kappa shape index (κ2) is 4.69. The monoisotopic (exact) mass is 250 g/mol. The summed E-state index contributed by atoms with van der Waals surface area (Å²) in [6.07, 6.45) is 8.08. The topological polar surface area (TPSA) is 61.6 Å². The molecule has 0 atom stereocenters. The molecule has 4 heteroatoms. The van der Waals surface area contributed by atoms with Crippen molar-refractivity contribution in [1.82, 2.24) is 9.97 Å². The first kappa shape index (κ1) is 11.7. The maximum absolute atomic E-state index is 9.20. The molecule has 1 aliphatic carbocycles. The quantitative estimate of drug-likeness (QED) is 0.909. The summed E-state index contributed by atoms with van der Waals surface area (Å²) in [4.78, 5) is 8.02. The molecule has 0 spiro atoms. The molecule has 0 saturated heterocycles. The Hall–Kier alpha value is -2.41. The van der Waals surface area contributed by atoms with Crippen molar-refractivity contribution in [3.8, 4) is 17.2 Å². The van der Waals surface area contributed by atoms with Crippen molar-refractivity contribution in [3.63, 3.8) is 0 Å². The van der Waals surface area contributed by atoms with Crippen molar-refractivity contribution in [2.24, 2.45) is 0 Å². The van der Waals surface area contributed by atoms with Crippen molar-refractivity contribution >= 4 is 5.69 Å². The number of nitrogens with one attached hydrogen (secondary N) is 1. The first-order chi connectivity index (χ1) is 9.31. The molecule has 0 unspecified atom stereocenters. The highest BCUT2D eigenvalue weighted by Crippen LogP contribution is 2.35. The van der Waals surface area contributed by atoms with Crippen LogP contribution in [0.2, 0.25) is 0 Å². The van der Waals surface area contributed by atoms with E-state index in [0.717, 1.165) is 36.1 Å². The Morgan fingerprint density at radius 2 is 1.74 bits per heavy atom. The number of hydrogen-bond acceptors (Lipinski definition) is 4. The van der Waals surface area contributed by atoms with Crippen LogP contribution in [0.1, 0.15) is 19.3 Å². The van der Waals surface area contributed by atoms with E-state index in [1.807, 2.05) is 24.3 Å². The van der Waals surface area contributed by atoms with Gasteiger partial charge >= 0.3 is 0 Å². The van der Waals surface area contributed by atoms with Gasteiger partial charge in [0.2, 0.25) is 0 Å². The average Bonchev–Trinajstić information content (AvgIpc) is 2.45. The summed E-state index contributed by atoms with van der Waals surface area (Å²) in [7, 11) is 0. The van der Waals surface area contributed by atoms with Gasteiger partial charge in [0.1, 0.15) is 11.9 Å². The standard InChI is InChI=1S/C15H14N4/c16-10-15(6-1-7-15)19-14-4-2-12(3-5-14)13-8-17-11-18-9-13/h2-5,8-9,11,19H,1,6-7H2. The number of anilines is 1. The highest BCUT2D eigenvalue weighted by Gasteiger charge is 2.36. The lowest BCUT2D eigenvalue weighted by Crippen LogP contribution is -2.43. The molecule has 19 heavy (non-hydrogen) atoms. The van der Waals surface area contributed by atoms with Crippen LogP contribution in [-0.4, -0.2) is 15.5 Å². The van der Waals surface area contributed by atoms with Crippen molar-refractivity contribution in [2.75, 3.05) is 5.32 Å². The summed E-state index contributed by atoms with van der Waals surface area (Å²) >= 11 is 0. The second-order valence-electron chi connectivity index (χ2n) is 4.88. The molecular weight excluding hydrogens is 236 g/mol. The van der Waals surface area contributed by atoms with Gasteiger partial charge in [0.05, 0.1) is 6.07 Å². The smallest absolute Gasteiger partial charge is 0.125 e. The van der Waals surface area contributed by atoms with E-state index in [4.69, 9.17) is 0 Å². The molecule has 1 N–H and O–H groups in total. The fraction of sp³-hybridized carbons (Fsp3) is 0.267. The van der Waals surface area contributed by atoms with Crippen LogP contribution >= 0.6 is 0 Å². The van der Waals surface area contributed by atoms with E-state index in [-0.39, 0.29) is 5.54 Å².